The summed E-state index contributed by atoms with van der Waals surface area (Å²) < 4.78 is 33.2. The first kappa shape index (κ1) is 24.0. The van der Waals surface area contributed by atoms with E-state index < -0.39 is 35.1 Å². The minimum absolute atomic E-state index is 0.277. The smallest absolute Gasteiger partial charge is 0.257 e. The third-order valence-corrected chi connectivity index (χ3v) is 4.90. The lowest BCUT2D eigenvalue weighted by Crippen LogP contribution is -2.47. The summed E-state index contributed by atoms with van der Waals surface area (Å²) in [5.41, 5.74) is 0.174. The Labute approximate surface area is 190 Å². The average molecular weight is 456 g/mol. The maximum absolute atomic E-state index is 13.9. The van der Waals surface area contributed by atoms with Crippen LogP contribution in [0.5, 0.6) is 0 Å². The molecule has 0 spiro atoms. The molecule has 174 valence electrons. The van der Waals surface area contributed by atoms with Crippen molar-refractivity contribution in [3.8, 4) is 11.4 Å². The lowest BCUT2D eigenvalue weighted by Gasteiger charge is -2.22. The maximum Gasteiger partial charge on any atom is 0.257 e. The van der Waals surface area contributed by atoms with Gasteiger partial charge in [0.2, 0.25) is 17.6 Å². The Kier molecular flexibility index (Phi) is 6.90. The highest BCUT2D eigenvalue weighted by molar-refractivity contribution is 6.01. The van der Waals surface area contributed by atoms with Crippen LogP contribution in [0, 0.1) is 17.6 Å². The van der Waals surface area contributed by atoms with E-state index in [1.165, 1.54) is 0 Å². The second kappa shape index (κ2) is 9.48. The lowest BCUT2D eigenvalue weighted by atomic mass is 9.97. The second-order valence-corrected chi connectivity index (χ2v) is 9.03. The molecule has 0 saturated carbocycles. The number of aromatic nitrogens is 2. The van der Waals surface area contributed by atoms with Crippen LogP contribution in [0.1, 0.15) is 50.9 Å². The molecule has 0 fully saturated rings. The molecule has 2 N–H and O–H groups in total. The number of benzene rings is 2. The summed E-state index contributed by atoms with van der Waals surface area (Å²) in [5.74, 6) is -2.91. The second-order valence-electron chi connectivity index (χ2n) is 9.03. The largest absolute Gasteiger partial charge is 0.340 e. The molecule has 3 rings (SSSR count). The number of hydrogen-bond donors (Lipinski definition) is 2. The van der Waals surface area contributed by atoms with Gasteiger partial charge in [0.25, 0.3) is 5.91 Å². The van der Waals surface area contributed by atoms with Gasteiger partial charge >= 0.3 is 0 Å². The minimum atomic E-state index is -1.01. The fourth-order valence-corrected chi connectivity index (χ4v) is 3.03. The van der Waals surface area contributed by atoms with Gasteiger partial charge in [-0.05, 0) is 42.3 Å². The molecule has 1 aromatic heterocycles. The van der Waals surface area contributed by atoms with E-state index in [1.54, 1.807) is 38.1 Å². The average Bonchev–Trinajstić information content (AvgIpc) is 3.23. The molecule has 0 aliphatic rings. The molecule has 2 amide bonds. The van der Waals surface area contributed by atoms with E-state index in [2.05, 4.69) is 20.8 Å². The van der Waals surface area contributed by atoms with Gasteiger partial charge < -0.3 is 15.2 Å². The number of hydrogen-bond acceptors (Lipinski definition) is 5. The van der Waals surface area contributed by atoms with Crippen LogP contribution in [0.15, 0.2) is 47.0 Å². The molecule has 33 heavy (non-hydrogen) atoms. The van der Waals surface area contributed by atoms with Gasteiger partial charge in [-0.15, -0.1) is 0 Å². The quantitative estimate of drug-likeness (QED) is 0.560. The molecule has 9 heteroatoms. The van der Waals surface area contributed by atoms with E-state index in [0.29, 0.717) is 23.0 Å². The molecule has 0 aliphatic carbocycles. The van der Waals surface area contributed by atoms with Crippen molar-refractivity contribution >= 4 is 17.5 Å². The first-order valence-electron chi connectivity index (χ1n) is 10.5. The van der Waals surface area contributed by atoms with E-state index in [0.717, 1.165) is 18.2 Å². The van der Waals surface area contributed by atoms with Crippen LogP contribution >= 0.6 is 0 Å². The molecular formula is C24H26F2N4O3. The van der Waals surface area contributed by atoms with Gasteiger partial charge in [0.05, 0.1) is 0 Å². The number of rotatable bonds is 6. The fourth-order valence-electron chi connectivity index (χ4n) is 3.03. The third-order valence-electron chi connectivity index (χ3n) is 4.90. The van der Waals surface area contributed by atoms with Gasteiger partial charge in [-0.25, -0.2) is 8.78 Å². The summed E-state index contributed by atoms with van der Waals surface area (Å²) in [6.07, 6.45) is 0. The zero-order valence-corrected chi connectivity index (χ0v) is 19.1. The van der Waals surface area contributed by atoms with Crippen LogP contribution in [-0.2, 0) is 10.2 Å². The topological polar surface area (TPSA) is 97.1 Å². The first-order chi connectivity index (χ1) is 15.5. The molecule has 0 bridgehead atoms. The van der Waals surface area contributed by atoms with Gasteiger partial charge in [0.15, 0.2) is 0 Å². The Morgan fingerprint density at radius 2 is 1.61 bits per heavy atom. The molecule has 2 aromatic carbocycles. The van der Waals surface area contributed by atoms with Crippen LogP contribution in [0.4, 0.5) is 14.5 Å². The highest BCUT2D eigenvalue weighted by atomic mass is 19.1. The van der Waals surface area contributed by atoms with E-state index in [-0.39, 0.29) is 11.3 Å². The van der Waals surface area contributed by atoms with Gasteiger partial charge in [0.1, 0.15) is 23.2 Å². The van der Waals surface area contributed by atoms with E-state index >= 15 is 0 Å². The van der Waals surface area contributed by atoms with Gasteiger partial charge in [-0.3, -0.25) is 9.59 Å². The number of halogens is 2. The van der Waals surface area contributed by atoms with Crippen molar-refractivity contribution in [2.75, 3.05) is 5.32 Å². The van der Waals surface area contributed by atoms with Gasteiger partial charge in [-0.1, -0.05) is 45.8 Å². The zero-order chi connectivity index (χ0) is 24.3. The lowest BCUT2D eigenvalue weighted by molar-refractivity contribution is -0.118. The molecule has 1 atom stereocenters. The molecule has 1 heterocycles. The number of anilines is 1. The first-order valence-corrected chi connectivity index (χ1v) is 10.5. The molecular weight excluding hydrogens is 430 g/mol. The van der Waals surface area contributed by atoms with Crippen molar-refractivity contribution in [1.82, 2.24) is 15.5 Å². The Bertz CT molecular complexity index is 1130. The number of carbonyl (C=O) groups is 2. The summed E-state index contributed by atoms with van der Waals surface area (Å²) in [6.45, 7) is 9.33. The third kappa shape index (κ3) is 5.60. The molecule has 0 radical (unpaired) electrons. The van der Waals surface area contributed by atoms with Crippen LogP contribution in [0.3, 0.4) is 0 Å². The summed E-state index contributed by atoms with van der Waals surface area (Å²) in [4.78, 5) is 29.6. The minimum Gasteiger partial charge on any atom is -0.340 e. The predicted octanol–water partition coefficient (Wildman–Crippen LogP) is 4.71. The normalized spacial score (nSPS) is 12.5. The van der Waals surface area contributed by atoms with Crippen molar-refractivity contribution in [3.05, 3.63) is 65.6 Å². The van der Waals surface area contributed by atoms with Crippen LogP contribution in [0.25, 0.3) is 11.4 Å². The standard InChI is InChI=1S/C24H26F2N4O3/c1-13(2)19(28-21(31)18-16(25)7-6-8-17(18)26)22(32)27-15-11-9-14(10-12-15)20-29-23(33-30-20)24(3,4)5/h6-13,19H,1-5H3,(H,27,32)(H,28,31). The Morgan fingerprint density at radius 3 is 2.12 bits per heavy atom. The van der Waals surface area contributed by atoms with Crippen molar-refractivity contribution in [2.45, 2.75) is 46.1 Å². The number of carbonyl (C=O) groups excluding carboxylic acids is 2. The summed E-state index contributed by atoms with van der Waals surface area (Å²) in [7, 11) is 0. The molecule has 3 aromatic rings. The van der Waals surface area contributed by atoms with E-state index in [1.807, 2.05) is 20.8 Å². The van der Waals surface area contributed by atoms with Gasteiger partial charge in [-0.2, -0.15) is 4.98 Å². The van der Waals surface area contributed by atoms with Crippen LogP contribution in [-0.4, -0.2) is 28.0 Å². The van der Waals surface area contributed by atoms with Gasteiger partial charge in [0, 0.05) is 16.7 Å². The zero-order valence-electron chi connectivity index (χ0n) is 19.1. The summed E-state index contributed by atoms with van der Waals surface area (Å²) in [5, 5.41) is 9.13. The summed E-state index contributed by atoms with van der Waals surface area (Å²) >= 11 is 0. The fraction of sp³-hybridized carbons (Fsp3) is 0.333. The maximum atomic E-state index is 13.9. The molecule has 0 aliphatic heterocycles. The van der Waals surface area contributed by atoms with Crippen molar-refractivity contribution < 1.29 is 22.9 Å². The SMILES string of the molecule is CC(C)C(NC(=O)c1c(F)cccc1F)C(=O)Nc1ccc(-c2noc(C(C)(C)C)n2)cc1. The Morgan fingerprint density at radius 1 is 1.00 bits per heavy atom. The number of amides is 2. The highest BCUT2D eigenvalue weighted by Gasteiger charge is 2.27. The molecule has 7 nitrogen and oxygen atoms in total. The van der Waals surface area contributed by atoms with Crippen LogP contribution < -0.4 is 10.6 Å². The Hall–Kier alpha value is -3.62. The van der Waals surface area contributed by atoms with Crippen molar-refractivity contribution in [2.24, 2.45) is 5.92 Å². The van der Waals surface area contributed by atoms with Crippen LogP contribution in [0.2, 0.25) is 0 Å². The van der Waals surface area contributed by atoms with E-state index in [4.69, 9.17) is 4.52 Å². The molecule has 0 saturated heterocycles. The van der Waals surface area contributed by atoms with Crippen molar-refractivity contribution in [3.63, 3.8) is 0 Å². The monoisotopic (exact) mass is 456 g/mol. The number of nitrogens with one attached hydrogen (secondary N) is 2. The predicted molar refractivity (Wildman–Crippen MR) is 120 cm³/mol. The van der Waals surface area contributed by atoms with Crippen molar-refractivity contribution in [1.29, 1.82) is 0 Å². The summed E-state index contributed by atoms with van der Waals surface area (Å²) in [6, 6.07) is 8.90. The van der Waals surface area contributed by atoms with E-state index in [9.17, 15) is 18.4 Å². The Balaban J connectivity index is 1.71. The number of nitrogens with zero attached hydrogens (tertiary/aromatic N) is 2. The highest BCUT2D eigenvalue weighted by Crippen LogP contribution is 2.25. The molecule has 1 unspecified atom stereocenters.